The highest BCUT2D eigenvalue weighted by molar-refractivity contribution is 5.73. The van der Waals surface area contributed by atoms with Gasteiger partial charge in [0.2, 0.25) is 0 Å². The molecule has 0 amide bonds. The number of carbonyl (C=O) groups excluding carboxylic acids is 1. The molecular weight excluding hydrogens is 324 g/mol. The highest BCUT2D eigenvalue weighted by atomic mass is 16.3. The molecular formula is C22H22N2O2. The van der Waals surface area contributed by atoms with Gasteiger partial charge in [-0.1, -0.05) is 30.3 Å². The van der Waals surface area contributed by atoms with E-state index in [-0.39, 0.29) is 0 Å². The summed E-state index contributed by atoms with van der Waals surface area (Å²) in [7, 11) is 0. The van der Waals surface area contributed by atoms with Crippen molar-refractivity contribution in [3.05, 3.63) is 78.1 Å². The van der Waals surface area contributed by atoms with Crippen molar-refractivity contribution in [2.75, 3.05) is 31.1 Å². The lowest BCUT2D eigenvalue weighted by molar-refractivity contribution is 0.110. The Labute approximate surface area is 153 Å². The van der Waals surface area contributed by atoms with Crippen molar-refractivity contribution in [2.45, 2.75) is 6.54 Å². The predicted octanol–water partition coefficient (Wildman–Crippen LogP) is 4.08. The van der Waals surface area contributed by atoms with Gasteiger partial charge in [-0.05, 0) is 42.0 Å². The van der Waals surface area contributed by atoms with E-state index in [2.05, 4.69) is 64.4 Å². The zero-order valence-corrected chi connectivity index (χ0v) is 14.7. The molecule has 0 saturated carbocycles. The van der Waals surface area contributed by atoms with Crippen LogP contribution in [0.3, 0.4) is 0 Å². The molecule has 0 N–H and O–H groups in total. The van der Waals surface area contributed by atoms with Gasteiger partial charge < -0.3 is 9.32 Å². The summed E-state index contributed by atoms with van der Waals surface area (Å²) < 4.78 is 5.49. The second kappa shape index (κ2) is 7.58. The maximum atomic E-state index is 10.7. The third kappa shape index (κ3) is 3.70. The van der Waals surface area contributed by atoms with E-state index in [1.807, 2.05) is 6.07 Å². The lowest BCUT2D eigenvalue weighted by Crippen LogP contribution is -2.45. The van der Waals surface area contributed by atoms with Crippen LogP contribution in [0.1, 0.15) is 16.1 Å². The van der Waals surface area contributed by atoms with Gasteiger partial charge in [-0.3, -0.25) is 9.69 Å². The number of hydrogen-bond donors (Lipinski definition) is 0. The first-order valence-electron chi connectivity index (χ1n) is 8.98. The van der Waals surface area contributed by atoms with E-state index in [0.717, 1.165) is 50.3 Å². The van der Waals surface area contributed by atoms with E-state index in [9.17, 15) is 4.79 Å². The average Bonchev–Trinajstić information content (AvgIpc) is 3.19. The number of benzene rings is 2. The molecule has 132 valence electrons. The number of carbonyl (C=O) groups is 1. The fourth-order valence-corrected chi connectivity index (χ4v) is 3.41. The first kappa shape index (κ1) is 16.6. The third-order valence-electron chi connectivity index (χ3n) is 4.88. The lowest BCUT2D eigenvalue weighted by Gasteiger charge is -2.36. The van der Waals surface area contributed by atoms with Crippen LogP contribution in [0.15, 0.2) is 71.1 Å². The Balaban J connectivity index is 1.36. The van der Waals surface area contributed by atoms with Crippen molar-refractivity contribution in [1.82, 2.24) is 4.90 Å². The van der Waals surface area contributed by atoms with Gasteiger partial charge in [0.15, 0.2) is 12.0 Å². The molecule has 4 heteroatoms. The van der Waals surface area contributed by atoms with Crippen molar-refractivity contribution in [3.8, 4) is 11.3 Å². The number of hydrogen-bond acceptors (Lipinski definition) is 4. The minimum absolute atomic E-state index is 0.360. The van der Waals surface area contributed by atoms with Crippen molar-refractivity contribution in [3.63, 3.8) is 0 Å². The summed E-state index contributed by atoms with van der Waals surface area (Å²) in [5.41, 5.74) is 3.60. The molecule has 0 unspecified atom stereocenters. The van der Waals surface area contributed by atoms with Gasteiger partial charge in [0.05, 0.1) is 0 Å². The Morgan fingerprint density at radius 2 is 1.58 bits per heavy atom. The van der Waals surface area contributed by atoms with Gasteiger partial charge in [-0.25, -0.2) is 0 Å². The van der Waals surface area contributed by atoms with Gasteiger partial charge in [0.25, 0.3) is 0 Å². The number of nitrogens with zero attached hydrogens (tertiary/aromatic N) is 2. The zero-order valence-electron chi connectivity index (χ0n) is 14.7. The van der Waals surface area contributed by atoms with Crippen molar-refractivity contribution in [2.24, 2.45) is 0 Å². The second-order valence-corrected chi connectivity index (χ2v) is 6.62. The largest absolute Gasteiger partial charge is 0.453 e. The molecule has 26 heavy (non-hydrogen) atoms. The van der Waals surface area contributed by atoms with Gasteiger partial charge in [0.1, 0.15) is 5.76 Å². The molecule has 4 nitrogen and oxygen atoms in total. The fraction of sp³-hybridized carbons (Fsp3) is 0.227. The SMILES string of the molecule is O=Cc1ccc(-c2ccc(N3CCN(Cc4ccccc4)CC3)cc2)o1. The first-order valence-corrected chi connectivity index (χ1v) is 8.98. The third-order valence-corrected chi connectivity index (χ3v) is 4.88. The number of piperazine rings is 1. The summed E-state index contributed by atoms with van der Waals surface area (Å²) in [4.78, 5) is 15.7. The Morgan fingerprint density at radius 3 is 2.23 bits per heavy atom. The monoisotopic (exact) mass is 346 g/mol. The first-order chi connectivity index (χ1) is 12.8. The van der Waals surface area contributed by atoms with Gasteiger partial charge in [0, 0.05) is 44.0 Å². The summed E-state index contributed by atoms with van der Waals surface area (Å²) in [5.74, 6) is 1.09. The fourth-order valence-electron chi connectivity index (χ4n) is 3.41. The molecule has 1 aliphatic heterocycles. The molecule has 3 aromatic rings. The predicted molar refractivity (Wildman–Crippen MR) is 103 cm³/mol. The molecule has 1 aliphatic rings. The van der Waals surface area contributed by atoms with Crippen LogP contribution in [0.5, 0.6) is 0 Å². The number of anilines is 1. The van der Waals surface area contributed by atoms with E-state index >= 15 is 0 Å². The summed E-state index contributed by atoms with van der Waals surface area (Å²) in [6.07, 6.45) is 0.729. The van der Waals surface area contributed by atoms with Crippen LogP contribution in [0.2, 0.25) is 0 Å². The summed E-state index contributed by atoms with van der Waals surface area (Å²) in [6.45, 7) is 5.21. The van der Waals surface area contributed by atoms with Crippen LogP contribution in [0, 0.1) is 0 Å². The number of furan rings is 1. The molecule has 1 aromatic heterocycles. The van der Waals surface area contributed by atoms with Crippen LogP contribution in [0.4, 0.5) is 5.69 Å². The van der Waals surface area contributed by atoms with Gasteiger partial charge in [-0.15, -0.1) is 0 Å². The minimum Gasteiger partial charge on any atom is -0.453 e. The molecule has 1 fully saturated rings. The van der Waals surface area contributed by atoms with Crippen LogP contribution in [0.25, 0.3) is 11.3 Å². The van der Waals surface area contributed by atoms with Crippen molar-refractivity contribution < 1.29 is 9.21 Å². The molecule has 4 rings (SSSR count). The van der Waals surface area contributed by atoms with E-state index in [4.69, 9.17) is 4.42 Å². The average molecular weight is 346 g/mol. The molecule has 1 saturated heterocycles. The van der Waals surface area contributed by atoms with Crippen LogP contribution in [-0.4, -0.2) is 37.4 Å². The Kier molecular flexibility index (Phi) is 4.84. The standard InChI is InChI=1S/C22H22N2O2/c25-17-21-10-11-22(26-21)19-6-8-20(9-7-19)24-14-12-23(13-15-24)16-18-4-2-1-3-5-18/h1-11,17H,12-16H2. The highest BCUT2D eigenvalue weighted by Crippen LogP contribution is 2.25. The molecule has 0 aliphatic carbocycles. The minimum atomic E-state index is 0.360. The molecule has 2 aromatic carbocycles. The summed E-state index contributed by atoms with van der Waals surface area (Å²) >= 11 is 0. The maximum Gasteiger partial charge on any atom is 0.185 e. The molecule has 0 spiro atoms. The van der Waals surface area contributed by atoms with Gasteiger partial charge >= 0.3 is 0 Å². The number of aldehydes is 1. The maximum absolute atomic E-state index is 10.7. The normalized spacial score (nSPS) is 15.2. The van der Waals surface area contributed by atoms with E-state index in [1.165, 1.54) is 11.3 Å². The number of rotatable bonds is 5. The van der Waals surface area contributed by atoms with Crippen LogP contribution < -0.4 is 4.90 Å². The van der Waals surface area contributed by atoms with Crippen molar-refractivity contribution >= 4 is 12.0 Å². The smallest absolute Gasteiger partial charge is 0.185 e. The molecule has 0 bridgehead atoms. The quantitative estimate of drug-likeness (QED) is 0.652. The highest BCUT2D eigenvalue weighted by Gasteiger charge is 2.17. The topological polar surface area (TPSA) is 36.7 Å². The van der Waals surface area contributed by atoms with Crippen molar-refractivity contribution in [1.29, 1.82) is 0 Å². The van der Waals surface area contributed by atoms with E-state index in [1.54, 1.807) is 6.07 Å². The Hall–Kier alpha value is -2.85. The lowest BCUT2D eigenvalue weighted by atomic mass is 10.1. The zero-order chi connectivity index (χ0) is 17.8. The van der Waals surface area contributed by atoms with E-state index < -0.39 is 0 Å². The van der Waals surface area contributed by atoms with E-state index in [0.29, 0.717) is 5.76 Å². The Bertz CT molecular complexity index is 847. The summed E-state index contributed by atoms with van der Waals surface area (Å²) in [5, 5.41) is 0. The summed E-state index contributed by atoms with van der Waals surface area (Å²) in [6, 6.07) is 22.5. The van der Waals surface area contributed by atoms with Crippen LogP contribution in [-0.2, 0) is 6.54 Å². The van der Waals surface area contributed by atoms with Crippen LogP contribution >= 0.6 is 0 Å². The second-order valence-electron chi connectivity index (χ2n) is 6.62. The Morgan fingerprint density at radius 1 is 0.846 bits per heavy atom. The molecule has 2 heterocycles. The molecule has 0 atom stereocenters. The molecule has 0 radical (unpaired) electrons. The van der Waals surface area contributed by atoms with Gasteiger partial charge in [-0.2, -0.15) is 0 Å².